The van der Waals surface area contributed by atoms with Crippen LogP contribution in [0.3, 0.4) is 0 Å². The molecule has 4 aromatic rings. The molecule has 0 amide bonds. The van der Waals surface area contributed by atoms with Crippen molar-refractivity contribution in [3.8, 4) is 11.4 Å². The molecule has 7 heteroatoms. The van der Waals surface area contributed by atoms with Gasteiger partial charge in [-0.25, -0.2) is 9.67 Å². The monoisotopic (exact) mass is 411 g/mol. The Morgan fingerprint density at radius 1 is 0.964 bits per heavy atom. The number of nitrogens with one attached hydrogen (secondary N) is 1. The third-order valence-electron chi connectivity index (χ3n) is 4.59. The fourth-order valence-corrected chi connectivity index (χ4v) is 3.70. The molecule has 2 aromatic carbocycles. The molecule has 2 heterocycles. The van der Waals surface area contributed by atoms with E-state index in [4.69, 9.17) is 23.2 Å². The Labute approximate surface area is 173 Å². The molecule has 28 heavy (non-hydrogen) atoms. The van der Waals surface area contributed by atoms with Crippen molar-refractivity contribution in [2.24, 2.45) is 0 Å². The highest BCUT2D eigenvalue weighted by Crippen LogP contribution is 2.27. The zero-order valence-electron chi connectivity index (χ0n) is 15.3. The zero-order chi connectivity index (χ0) is 19.5. The Balaban J connectivity index is 1.52. The summed E-state index contributed by atoms with van der Waals surface area (Å²) in [7, 11) is 0. The summed E-state index contributed by atoms with van der Waals surface area (Å²) in [5.41, 5.74) is 4.88. The smallest absolute Gasteiger partial charge is 0.137 e. The SMILES string of the molecule is Cc1nn(-c2ccccc2Cl)c(Cl)c1CNCc1ccccc1-n1ccnc1. The Hall–Kier alpha value is -2.60. The second-order valence-electron chi connectivity index (χ2n) is 6.42. The molecule has 0 unspecified atom stereocenters. The Bertz CT molecular complexity index is 1090. The van der Waals surface area contributed by atoms with Crippen molar-refractivity contribution < 1.29 is 0 Å². The molecule has 0 saturated heterocycles. The number of imidazole rings is 1. The molecule has 0 saturated carbocycles. The van der Waals surface area contributed by atoms with Gasteiger partial charge in [0.2, 0.25) is 0 Å². The van der Waals surface area contributed by atoms with E-state index in [1.807, 2.05) is 54.1 Å². The number of para-hydroxylation sites is 2. The van der Waals surface area contributed by atoms with Gasteiger partial charge >= 0.3 is 0 Å². The summed E-state index contributed by atoms with van der Waals surface area (Å²) in [6, 6.07) is 15.8. The lowest BCUT2D eigenvalue weighted by Gasteiger charge is -2.11. The normalized spacial score (nSPS) is 11.1. The lowest BCUT2D eigenvalue weighted by molar-refractivity contribution is 0.687. The van der Waals surface area contributed by atoms with Gasteiger partial charge in [-0.05, 0) is 30.7 Å². The molecule has 0 aliphatic heterocycles. The van der Waals surface area contributed by atoms with Gasteiger partial charge in [0, 0.05) is 31.0 Å². The van der Waals surface area contributed by atoms with E-state index < -0.39 is 0 Å². The van der Waals surface area contributed by atoms with Crippen LogP contribution in [0.2, 0.25) is 10.2 Å². The Morgan fingerprint density at radius 3 is 2.46 bits per heavy atom. The fraction of sp³-hybridized carbons (Fsp3) is 0.143. The van der Waals surface area contributed by atoms with Crippen LogP contribution in [0.25, 0.3) is 11.4 Å². The van der Waals surface area contributed by atoms with E-state index in [1.54, 1.807) is 17.2 Å². The van der Waals surface area contributed by atoms with Crippen LogP contribution < -0.4 is 5.32 Å². The van der Waals surface area contributed by atoms with Crippen molar-refractivity contribution in [3.63, 3.8) is 0 Å². The van der Waals surface area contributed by atoms with E-state index in [1.165, 1.54) is 5.56 Å². The predicted molar refractivity (Wildman–Crippen MR) is 112 cm³/mol. The van der Waals surface area contributed by atoms with E-state index in [0.717, 1.165) is 22.6 Å². The van der Waals surface area contributed by atoms with Crippen molar-refractivity contribution >= 4 is 23.2 Å². The lowest BCUT2D eigenvalue weighted by atomic mass is 10.1. The molecule has 0 aliphatic rings. The lowest BCUT2D eigenvalue weighted by Crippen LogP contribution is -2.15. The molecule has 1 N–H and O–H groups in total. The number of rotatable bonds is 6. The highest BCUT2D eigenvalue weighted by atomic mass is 35.5. The Kier molecular flexibility index (Phi) is 5.48. The summed E-state index contributed by atoms with van der Waals surface area (Å²) < 4.78 is 3.69. The number of aromatic nitrogens is 4. The molecule has 0 spiro atoms. The molecule has 4 rings (SSSR count). The minimum Gasteiger partial charge on any atom is -0.308 e. The van der Waals surface area contributed by atoms with Crippen LogP contribution in [0.15, 0.2) is 67.3 Å². The maximum absolute atomic E-state index is 6.62. The summed E-state index contributed by atoms with van der Waals surface area (Å²) in [5, 5.41) is 9.23. The van der Waals surface area contributed by atoms with Crippen molar-refractivity contribution in [2.45, 2.75) is 20.0 Å². The summed E-state index contributed by atoms with van der Waals surface area (Å²) in [6.45, 7) is 3.25. The summed E-state index contributed by atoms with van der Waals surface area (Å²) in [6.07, 6.45) is 5.51. The molecular formula is C21H19Cl2N5. The quantitative estimate of drug-likeness (QED) is 0.487. The van der Waals surface area contributed by atoms with Crippen LogP contribution >= 0.6 is 23.2 Å². The second kappa shape index (κ2) is 8.19. The summed E-state index contributed by atoms with van der Waals surface area (Å²) in [4.78, 5) is 4.13. The van der Waals surface area contributed by atoms with E-state index in [2.05, 4.69) is 27.5 Å². The maximum Gasteiger partial charge on any atom is 0.137 e. The van der Waals surface area contributed by atoms with Crippen molar-refractivity contribution in [3.05, 3.63) is 94.2 Å². The van der Waals surface area contributed by atoms with Crippen molar-refractivity contribution in [2.75, 3.05) is 0 Å². The maximum atomic E-state index is 6.62. The first-order valence-corrected chi connectivity index (χ1v) is 9.66. The largest absolute Gasteiger partial charge is 0.308 e. The highest BCUT2D eigenvalue weighted by Gasteiger charge is 2.16. The van der Waals surface area contributed by atoms with Gasteiger partial charge < -0.3 is 9.88 Å². The molecule has 0 radical (unpaired) electrons. The zero-order valence-corrected chi connectivity index (χ0v) is 16.8. The van der Waals surface area contributed by atoms with Gasteiger partial charge in [-0.15, -0.1) is 0 Å². The number of nitrogens with zero attached hydrogens (tertiary/aromatic N) is 4. The Morgan fingerprint density at radius 2 is 1.71 bits per heavy atom. The van der Waals surface area contributed by atoms with Gasteiger partial charge in [0.25, 0.3) is 0 Å². The van der Waals surface area contributed by atoms with E-state index >= 15 is 0 Å². The van der Waals surface area contributed by atoms with Crippen LogP contribution in [-0.4, -0.2) is 19.3 Å². The number of hydrogen-bond acceptors (Lipinski definition) is 3. The average Bonchev–Trinajstić information content (AvgIpc) is 3.33. The first-order valence-electron chi connectivity index (χ1n) is 8.91. The van der Waals surface area contributed by atoms with Gasteiger partial charge in [-0.3, -0.25) is 0 Å². The van der Waals surface area contributed by atoms with Gasteiger partial charge in [0.1, 0.15) is 5.15 Å². The van der Waals surface area contributed by atoms with Gasteiger partial charge in [0.15, 0.2) is 0 Å². The van der Waals surface area contributed by atoms with E-state index in [0.29, 0.717) is 23.3 Å². The molecule has 142 valence electrons. The summed E-state index contributed by atoms with van der Waals surface area (Å²) >= 11 is 12.9. The minimum absolute atomic E-state index is 0.570. The standard InChI is InChI=1S/C21H19Cl2N5/c1-15-17(21(23)28(26-15)20-9-5-3-7-18(20)22)13-25-12-16-6-2-4-8-19(16)27-11-10-24-14-27/h2-11,14,25H,12-13H2,1H3. The fourth-order valence-electron chi connectivity index (χ4n) is 3.15. The minimum atomic E-state index is 0.570. The number of aryl methyl sites for hydroxylation is 1. The molecule has 0 atom stereocenters. The van der Waals surface area contributed by atoms with Crippen LogP contribution in [0.5, 0.6) is 0 Å². The van der Waals surface area contributed by atoms with E-state index in [9.17, 15) is 0 Å². The first kappa shape index (κ1) is 18.7. The first-order chi connectivity index (χ1) is 13.6. The molecular weight excluding hydrogens is 393 g/mol. The van der Waals surface area contributed by atoms with Crippen LogP contribution in [0, 0.1) is 6.92 Å². The molecule has 0 aliphatic carbocycles. The van der Waals surface area contributed by atoms with Crippen molar-refractivity contribution in [1.82, 2.24) is 24.6 Å². The highest BCUT2D eigenvalue weighted by molar-refractivity contribution is 6.33. The van der Waals surface area contributed by atoms with Gasteiger partial charge in [-0.1, -0.05) is 53.5 Å². The van der Waals surface area contributed by atoms with Crippen molar-refractivity contribution in [1.29, 1.82) is 0 Å². The predicted octanol–water partition coefficient (Wildman–Crippen LogP) is 4.96. The average molecular weight is 412 g/mol. The third-order valence-corrected chi connectivity index (χ3v) is 5.30. The van der Waals surface area contributed by atoms with E-state index in [-0.39, 0.29) is 0 Å². The number of benzene rings is 2. The summed E-state index contributed by atoms with van der Waals surface area (Å²) in [5.74, 6) is 0. The molecule has 2 aromatic heterocycles. The molecule has 0 fully saturated rings. The van der Waals surface area contributed by atoms with Gasteiger partial charge in [0.05, 0.1) is 28.4 Å². The van der Waals surface area contributed by atoms with Gasteiger partial charge in [-0.2, -0.15) is 5.10 Å². The molecule has 0 bridgehead atoms. The number of hydrogen-bond donors (Lipinski definition) is 1. The van der Waals surface area contributed by atoms with Crippen LogP contribution in [0.4, 0.5) is 0 Å². The molecule has 5 nitrogen and oxygen atoms in total. The van der Waals surface area contributed by atoms with Crippen LogP contribution in [0.1, 0.15) is 16.8 Å². The number of halogens is 2. The second-order valence-corrected chi connectivity index (χ2v) is 7.19. The van der Waals surface area contributed by atoms with Crippen LogP contribution in [-0.2, 0) is 13.1 Å². The third kappa shape index (κ3) is 3.69. The topological polar surface area (TPSA) is 47.7 Å².